The van der Waals surface area contributed by atoms with Crippen LogP contribution in [0, 0.1) is 0 Å². The van der Waals surface area contributed by atoms with Gasteiger partial charge in [-0.25, -0.2) is 4.98 Å². The number of hydrogen-bond acceptors (Lipinski definition) is 4. The third-order valence-corrected chi connectivity index (χ3v) is 5.01. The molecule has 2 saturated heterocycles. The summed E-state index contributed by atoms with van der Waals surface area (Å²) >= 11 is 0. The minimum atomic E-state index is -0.0508. The second-order valence-corrected chi connectivity index (χ2v) is 6.76. The Hall–Kier alpha value is -2.12. The molecule has 0 saturated carbocycles. The normalized spacial score (nSPS) is 19.6. The average Bonchev–Trinajstić information content (AvgIpc) is 2.64. The number of H-pyrrole nitrogens is 1. The summed E-state index contributed by atoms with van der Waals surface area (Å²) in [5, 5.41) is 8.87. The number of aromatic nitrogens is 2. The number of piperidine rings is 1. The lowest BCUT2D eigenvalue weighted by Crippen LogP contribution is -2.89. The maximum absolute atomic E-state index is 12.5. The molecule has 1 aromatic heterocycles. The zero-order valence-electron chi connectivity index (χ0n) is 13.9. The van der Waals surface area contributed by atoms with E-state index < -0.39 is 0 Å². The van der Waals surface area contributed by atoms with Gasteiger partial charge >= 0.3 is 0 Å². The Kier molecular flexibility index (Phi) is 4.36. The molecule has 6 N–H and O–H groups in total. The van der Waals surface area contributed by atoms with E-state index >= 15 is 0 Å². The summed E-state index contributed by atoms with van der Waals surface area (Å²) in [6.07, 6.45) is 2.33. The fourth-order valence-electron chi connectivity index (χ4n) is 3.63. The molecular weight excluding hydrogens is 304 g/mol. The first kappa shape index (κ1) is 15.4. The van der Waals surface area contributed by atoms with E-state index in [9.17, 15) is 4.79 Å². The van der Waals surface area contributed by atoms with Gasteiger partial charge in [-0.3, -0.25) is 9.78 Å². The van der Waals surface area contributed by atoms with Crippen LogP contribution in [0.25, 0.3) is 10.9 Å². The molecule has 2 aliphatic rings. The number of fused-ring (bicyclic) bond motifs is 1. The van der Waals surface area contributed by atoms with Crippen LogP contribution in [0.15, 0.2) is 23.0 Å². The van der Waals surface area contributed by atoms with Crippen LogP contribution in [0.1, 0.15) is 12.8 Å². The van der Waals surface area contributed by atoms with Crippen molar-refractivity contribution in [3.63, 3.8) is 0 Å². The first-order valence-corrected chi connectivity index (χ1v) is 8.98. The molecule has 7 nitrogen and oxygen atoms in total. The summed E-state index contributed by atoms with van der Waals surface area (Å²) < 4.78 is 0. The van der Waals surface area contributed by atoms with Crippen LogP contribution in [0.2, 0.25) is 0 Å². The lowest BCUT2D eigenvalue weighted by molar-refractivity contribution is -0.662. The number of rotatable bonds is 3. The van der Waals surface area contributed by atoms with Gasteiger partial charge < -0.3 is 20.9 Å². The SMILES string of the molecule is O=c1[nH]c(N2CC[NH2+]CC2)nc2ccc(NC3CC[NH2+]CC3)cc12. The minimum Gasteiger partial charge on any atom is -0.382 e. The third-order valence-electron chi connectivity index (χ3n) is 5.01. The highest BCUT2D eigenvalue weighted by Gasteiger charge is 2.17. The highest BCUT2D eigenvalue weighted by Crippen LogP contribution is 2.19. The number of nitrogens with one attached hydrogen (secondary N) is 2. The molecule has 1 aromatic carbocycles. The number of anilines is 2. The van der Waals surface area contributed by atoms with Crippen molar-refractivity contribution in [2.24, 2.45) is 0 Å². The van der Waals surface area contributed by atoms with E-state index in [0.717, 1.165) is 50.2 Å². The molecular formula is C17H26N6O+2. The van der Waals surface area contributed by atoms with Gasteiger partial charge in [0, 0.05) is 24.6 Å². The van der Waals surface area contributed by atoms with Crippen LogP contribution >= 0.6 is 0 Å². The van der Waals surface area contributed by atoms with E-state index in [0.29, 0.717) is 17.4 Å². The van der Waals surface area contributed by atoms with Crippen molar-refractivity contribution in [3.8, 4) is 0 Å². The van der Waals surface area contributed by atoms with Crippen molar-refractivity contribution in [1.82, 2.24) is 9.97 Å². The molecule has 0 radical (unpaired) electrons. The summed E-state index contributed by atoms with van der Waals surface area (Å²) in [4.78, 5) is 22.3. The van der Waals surface area contributed by atoms with Crippen LogP contribution in [0.3, 0.4) is 0 Å². The van der Waals surface area contributed by atoms with Gasteiger partial charge in [0.05, 0.1) is 50.2 Å². The zero-order chi connectivity index (χ0) is 16.4. The van der Waals surface area contributed by atoms with Crippen LogP contribution < -0.4 is 26.4 Å². The van der Waals surface area contributed by atoms with Gasteiger partial charge in [-0.1, -0.05) is 0 Å². The molecule has 2 aliphatic heterocycles. The Morgan fingerprint density at radius 2 is 1.88 bits per heavy atom. The Bertz CT molecular complexity index is 761. The Morgan fingerprint density at radius 3 is 2.67 bits per heavy atom. The van der Waals surface area contributed by atoms with Crippen LogP contribution in [0.4, 0.5) is 11.6 Å². The second kappa shape index (κ2) is 6.78. The Labute approximate surface area is 140 Å². The molecule has 0 bridgehead atoms. The van der Waals surface area contributed by atoms with Crippen molar-refractivity contribution in [2.45, 2.75) is 18.9 Å². The van der Waals surface area contributed by atoms with Gasteiger partial charge in [-0.15, -0.1) is 0 Å². The lowest BCUT2D eigenvalue weighted by atomic mass is 10.1. The molecule has 7 heteroatoms. The number of aromatic amines is 1. The van der Waals surface area contributed by atoms with Gasteiger partial charge in [0.25, 0.3) is 5.56 Å². The third kappa shape index (κ3) is 3.22. The van der Waals surface area contributed by atoms with E-state index in [4.69, 9.17) is 0 Å². The Balaban J connectivity index is 1.60. The van der Waals surface area contributed by atoms with Gasteiger partial charge in [0.1, 0.15) is 0 Å². The van der Waals surface area contributed by atoms with E-state index in [2.05, 4.69) is 30.8 Å². The fraction of sp³-hybridized carbons (Fsp3) is 0.529. The summed E-state index contributed by atoms with van der Waals surface area (Å²) in [7, 11) is 0. The monoisotopic (exact) mass is 330 g/mol. The summed E-state index contributed by atoms with van der Waals surface area (Å²) in [5.74, 6) is 0.698. The first-order chi connectivity index (χ1) is 11.8. The highest BCUT2D eigenvalue weighted by molar-refractivity contribution is 5.82. The predicted molar refractivity (Wildman–Crippen MR) is 94.5 cm³/mol. The molecule has 2 aromatic rings. The summed E-state index contributed by atoms with van der Waals surface area (Å²) in [5.41, 5.74) is 1.73. The van der Waals surface area contributed by atoms with E-state index in [-0.39, 0.29) is 5.56 Å². The molecule has 24 heavy (non-hydrogen) atoms. The average molecular weight is 330 g/mol. The van der Waals surface area contributed by atoms with Gasteiger partial charge in [-0.2, -0.15) is 0 Å². The first-order valence-electron chi connectivity index (χ1n) is 8.98. The van der Waals surface area contributed by atoms with Crippen molar-refractivity contribution in [1.29, 1.82) is 0 Å². The fourth-order valence-corrected chi connectivity index (χ4v) is 3.63. The van der Waals surface area contributed by atoms with Crippen LogP contribution in [-0.4, -0.2) is 55.3 Å². The van der Waals surface area contributed by atoms with Crippen molar-refractivity contribution >= 4 is 22.5 Å². The van der Waals surface area contributed by atoms with Gasteiger partial charge in [0.2, 0.25) is 5.95 Å². The van der Waals surface area contributed by atoms with Crippen LogP contribution in [0.5, 0.6) is 0 Å². The quantitative estimate of drug-likeness (QED) is 0.548. The van der Waals surface area contributed by atoms with E-state index in [1.165, 1.54) is 13.1 Å². The smallest absolute Gasteiger partial charge is 0.260 e. The molecule has 0 spiro atoms. The summed E-state index contributed by atoms with van der Waals surface area (Å²) in [6.45, 7) is 6.28. The number of nitrogens with zero attached hydrogens (tertiary/aromatic N) is 2. The molecule has 0 aliphatic carbocycles. The van der Waals surface area contributed by atoms with E-state index in [1.54, 1.807) is 0 Å². The number of piperazine rings is 1. The van der Waals surface area contributed by atoms with Gasteiger partial charge in [0.15, 0.2) is 0 Å². The second-order valence-electron chi connectivity index (χ2n) is 6.76. The topological polar surface area (TPSA) is 94.2 Å². The molecule has 0 unspecified atom stereocenters. The van der Waals surface area contributed by atoms with Crippen molar-refractivity contribution in [3.05, 3.63) is 28.6 Å². The number of benzene rings is 1. The van der Waals surface area contributed by atoms with Crippen molar-refractivity contribution < 1.29 is 10.6 Å². The summed E-state index contributed by atoms with van der Waals surface area (Å²) in [6, 6.07) is 6.44. The molecule has 4 rings (SSSR count). The standard InChI is InChI=1S/C17H24N6O/c24-16-14-11-13(20-12-3-5-18-6-4-12)1-2-15(14)21-17(22-16)23-9-7-19-8-10-23/h1-2,11-12,18-20H,3-10H2,(H,21,22,24)/p+2. The minimum absolute atomic E-state index is 0.0508. The lowest BCUT2D eigenvalue weighted by Gasteiger charge is -2.25. The molecule has 0 atom stereocenters. The molecule has 128 valence electrons. The highest BCUT2D eigenvalue weighted by atomic mass is 16.1. The molecule has 2 fully saturated rings. The zero-order valence-corrected chi connectivity index (χ0v) is 13.9. The van der Waals surface area contributed by atoms with E-state index in [1.807, 2.05) is 18.2 Å². The van der Waals surface area contributed by atoms with Crippen molar-refractivity contribution in [2.75, 3.05) is 49.5 Å². The molecule has 3 heterocycles. The van der Waals surface area contributed by atoms with Gasteiger partial charge in [-0.05, 0) is 18.2 Å². The Morgan fingerprint density at radius 1 is 1.12 bits per heavy atom. The number of nitrogens with two attached hydrogens (primary N) is 2. The molecule has 0 amide bonds. The van der Waals surface area contributed by atoms with Crippen LogP contribution in [-0.2, 0) is 0 Å². The number of quaternary nitrogens is 2. The number of hydrogen-bond donors (Lipinski definition) is 4. The predicted octanol–water partition coefficient (Wildman–Crippen LogP) is -1.56. The largest absolute Gasteiger partial charge is 0.382 e. The maximum atomic E-state index is 12.5. The maximum Gasteiger partial charge on any atom is 0.260 e.